The number of thiazole rings is 1. The molecule has 2 aromatic rings. The first-order valence-electron chi connectivity index (χ1n) is 7.23. The Morgan fingerprint density at radius 2 is 2.00 bits per heavy atom. The summed E-state index contributed by atoms with van der Waals surface area (Å²) in [5, 5.41) is 4.29. The molecule has 3 nitrogen and oxygen atoms in total. The molecule has 0 spiro atoms. The van der Waals surface area contributed by atoms with Crippen molar-refractivity contribution in [3.05, 3.63) is 45.7 Å². The third kappa shape index (κ3) is 4.79. The smallest absolute Gasteiger partial charge is 0.123 e. The lowest BCUT2D eigenvalue weighted by molar-refractivity contribution is 0.321. The van der Waals surface area contributed by atoms with Gasteiger partial charge in [-0.1, -0.05) is 13.3 Å². The molecule has 0 amide bonds. The summed E-state index contributed by atoms with van der Waals surface area (Å²) in [6.45, 7) is 3.59. The Morgan fingerprint density at radius 1 is 1.24 bits per heavy atom. The second kappa shape index (κ2) is 8.10. The van der Waals surface area contributed by atoms with Crippen LogP contribution < -0.4 is 10.1 Å². The third-order valence-corrected chi connectivity index (χ3v) is 4.20. The van der Waals surface area contributed by atoms with Gasteiger partial charge in [0.1, 0.15) is 11.6 Å². The SMILES string of the molecule is CCCc1nc(CCOc2ccc(F)cc2)sc1CNC. The molecule has 0 bridgehead atoms. The van der Waals surface area contributed by atoms with E-state index < -0.39 is 0 Å². The monoisotopic (exact) mass is 308 g/mol. The third-order valence-electron chi connectivity index (χ3n) is 3.04. The van der Waals surface area contributed by atoms with E-state index in [1.165, 1.54) is 22.7 Å². The minimum atomic E-state index is -0.247. The minimum Gasteiger partial charge on any atom is -0.493 e. The highest BCUT2D eigenvalue weighted by atomic mass is 32.1. The summed E-state index contributed by atoms with van der Waals surface area (Å²) in [4.78, 5) is 6.02. The summed E-state index contributed by atoms with van der Waals surface area (Å²) < 4.78 is 18.4. The van der Waals surface area contributed by atoms with Gasteiger partial charge in [0.15, 0.2) is 0 Å². The number of hydrogen-bond acceptors (Lipinski definition) is 4. The zero-order valence-corrected chi connectivity index (χ0v) is 13.3. The van der Waals surface area contributed by atoms with E-state index in [1.54, 1.807) is 23.5 Å². The Kier molecular flexibility index (Phi) is 6.14. The predicted molar refractivity (Wildman–Crippen MR) is 84.5 cm³/mol. The standard InChI is InChI=1S/C16H21FN2OS/c1-3-4-14-15(11-18-2)21-16(19-14)9-10-20-13-7-5-12(17)6-8-13/h5-8,18H,3-4,9-11H2,1-2H3. The second-order valence-electron chi connectivity index (χ2n) is 4.81. The van der Waals surface area contributed by atoms with Gasteiger partial charge in [-0.15, -0.1) is 11.3 Å². The Hall–Kier alpha value is -1.46. The van der Waals surface area contributed by atoms with Gasteiger partial charge in [0.05, 0.1) is 17.3 Å². The molecular weight excluding hydrogens is 287 g/mol. The zero-order chi connectivity index (χ0) is 15.1. The van der Waals surface area contributed by atoms with Crippen molar-refractivity contribution in [1.29, 1.82) is 0 Å². The van der Waals surface area contributed by atoms with Crippen LogP contribution in [0.15, 0.2) is 24.3 Å². The lowest BCUT2D eigenvalue weighted by Gasteiger charge is -2.04. The van der Waals surface area contributed by atoms with Crippen molar-refractivity contribution in [3.8, 4) is 5.75 Å². The van der Waals surface area contributed by atoms with Gasteiger partial charge >= 0.3 is 0 Å². The zero-order valence-electron chi connectivity index (χ0n) is 12.5. The largest absolute Gasteiger partial charge is 0.493 e. The van der Waals surface area contributed by atoms with E-state index in [0.29, 0.717) is 12.4 Å². The quantitative estimate of drug-likeness (QED) is 0.809. The van der Waals surface area contributed by atoms with E-state index in [9.17, 15) is 4.39 Å². The first-order valence-corrected chi connectivity index (χ1v) is 8.05. The molecule has 2 rings (SSSR count). The summed E-state index contributed by atoms with van der Waals surface area (Å²) in [6, 6.07) is 6.10. The van der Waals surface area contributed by atoms with Crippen LogP contribution >= 0.6 is 11.3 Å². The molecule has 0 aliphatic heterocycles. The summed E-state index contributed by atoms with van der Waals surface area (Å²) >= 11 is 1.75. The average Bonchev–Trinajstić information content (AvgIpc) is 2.84. The van der Waals surface area contributed by atoms with Crippen molar-refractivity contribution < 1.29 is 9.13 Å². The summed E-state index contributed by atoms with van der Waals surface area (Å²) in [6.07, 6.45) is 2.90. The molecule has 0 saturated heterocycles. The van der Waals surface area contributed by atoms with Gasteiger partial charge in [-0.3, -0.25) is 0 Å². The van der Waals surface area contributed by atoms with Crippen molar-refractivity contribution in [1.82, 2.24) is 10.3 Å². The average molecular weight is 308 g/mol. The van der Waals surface area contributed by atoms with E-state index in [4.69, 9.17) is 9.72 Å². The maximum atomic E-state index is 12.8. The Balaban J connectivity index is 1.90. The number of hydrogen-bond donors (Lipinski definition) is 1. The lowest BCUT2D eigenvalue weighted by atomic mass is 10.2. The van der Waals surface area contributed by atoms with Crippen LogP contribution in [-0.4, -0.2) is 18.6 Å². The number of nitrogens with one attached hydrogen (secondary N) is 1. The fourth-order valence-electron chi connectivity index (χ4n) is 2.06. The normalized spacial score (nSPS) is 10.8. The van der Waals surface area contributed by atoms with Crippen LogP contribution in [0.3, 0.4) is 0 Å². The first kappa shape index (κ1) is 15.9. The number of ether oxygens (including phenoxy) is 1. The number of nitrogens with zero attached hydrogens (tertiary/aromatic N) is 1. The lowest BCUT2D eigenvalue weighted by Crippen LogP contribution is -2.05. The van der Waals surface area contributed by atoms with E-state index >= 15 is 0 Å². The van der Waals surface area contributed by atoms with Crippen LogP contribution in [-0.2, 0) is 19.4 Å². The van der Waals surface area contributed by atoms with E-state index in [0.717, 1.165) is 30.8 Å². The van der Waals surface area contributed by atoms with Gasteiger partial charge in [0, 0.05) is 17.8 Å². The molecule has 1 aromatic heterocycles. The van der Waals surface area contributed by atoms with Gasteiger partial charge in [-0.2, -0.15) is 0 Å². The van der Waals surface area contributed by atoms with Gasteiger partial charge in [-0.25, -0.2) is 9.37 Å². The Morgan fingerprint density at radius 3 is 2.67 bits per heavy atom. The van der Waals surface area contributed by atoms with E-state index in [-0.39, 0.29) is 5.82 Å². The molecule has 1 N–H and O–H groups in total. The molecule has 1 heterocycles. The van der Waals surface area contributed by atoms with Crippen LogP contribution in [0, 0.1) is 5.82 Å². The van der Waals surface area contributed by atoms with Gasteiger partial charge in [-0.05, 0) is 37.7 Å². The number of rotatable bonds is 8. The first-order chi connectivity index (χ1) is 10.2. The Bertz CT molecular complexity index is 530. The van der Waals surface area contributed by atoms with Crippen molar-refractivity contribution in [2.24, 2.45) is 0 Å². The second-order valence-corrected chi connectivity index (χ2v) is 5.98. The molecular formula is C16H21FN2OS. The van der Waals surface area contributed by atoms with Crippen LogP contribution in [0.4, 0.5) is 4.39 Å². The predicted octanol–water partition coefficient (Wildman–Crippen LogP) is 3.58. The molecule has 0 unspecified atom stereocenters. The van der Waals surface area contributed by atoms with E-state index in [2.05, 4.69) is 12.2 Å². The van der Waals surface area contributed by atoms with Crippen LogP contribution in [0.1, 0.15) is 28.9 Å². The molecule has 5 heteroatoms. The molecule has 0 atom stereocenters. The number of aryl methyl sites for hydroxylation is 1. The molecule has 1 aromatic carbocycles. The summed E-state index contributed by atoms with van der Waals surface area (Å²) in [7, 11) is 1.95. The fourth-order valence-corrected chi connectivity index (χ4v) is 3.17. The molecule has 0 fully saturated rings. The number of halogens is 1. The maximum absolute atomic E-state index is 12.8. The van der Waals surface area contributed by atoms with Crippen LogP contribution in [0.25, 0.3) is 0 Å². The highest BCUT2D eigenvalue weighted by Gasteiger charge is 2.10. The molecule has 21 heavy (non-hydrogen) atoms. The highest BCUT2D eigenvalue weighted by Crippen LogP contribution is 2.21. The number of benzene rings is 1. The summed E-state index contributed by atoms with van der Waals surface area (Å²) in [5.41, 5.74) is 1.20. The van der Waals surface area contributed by atoms with Crippen molar-refractivity contribution >= 4 is 11.3 Å². The molecule has 0 saturated carbocycles. The molecule has 0 radical (unpaired) electrons. The number of aromatic nitrogens is 1. The van der Waals surface area contributed by atoms with E-state index in [1.807, 2.05) is 7.05 Å². The van der Waals surface area contributed by atoms with Crippen molar-refractivity contribution in [3.63, 3.8) is 0 Å². The molecule has 0 aliphatic rings. The molecule has 0 aliphatic carbocycles. The van der Waals surface area contributed by atoms with Crippen LogP contribution in [0.5, 0.6) is 5.75 Å². The van der Waals surface area contributed by atoms with Gasteiger partial charge in [0.2, 0.25) is 0 Å². The maximum Gasteiger partial charge on any atom is 0.123 e. The highest BCUT2D eigenvalue weighted by molar-refractivity contribution is 7.11. The minimum absolute atomic E-state index is 0.247. The molecule has 114 valence electrons. The van der Waals surface area contributed by atoms with Crippen molar-refractivity contribution in [2.45, 2.75) is 32.7 Å². The van der Waals surface area contributed by atoms with Crippen LogP contribution in [0.2, 0.25) is 0 Å². The topological polar surface area (TPSA) is 34.1 Å². The van der Waals surface area contributed by atoms with Crippen molar-refractivity contribution in [2.75, 3.05) is 13.7 Å². The summed E-state index contributed by atoms with van der Waals surface area (Å²) in [5.74, 6) is 0.445. The van der Waals surface area contributed by atoms with Gasteiger partial charge in [0.25, 0.3) is 0 Å². The Labute approximate surface area is 129 Å². The fraction of sp³-hybridized carbons (Fsp3) is 0.438. The van der Waals surface area contributed by atoms with Gasteiger partial charge < -0.3 is 10.1 Å².